The fourth-order valence-electron chi connectivity index (χ4n) is 1.41. The van der Waals surface area contributed by atoms with E-state index >= 15 is 0 Å². The highest BCUT2D eigenvalue weighted by molar-refractivity contribution is 6.30. The van der Waals surface area contributed by atoms with Gasteiger partial charge in [0, 0.05) is 17.3 Å². The van der Waals surface area contributed by atoms with E-state index in [0.717, 1.165) is 17.7 Å². The zero-order chi connectivity index (χ0) is 14.3. The number of benzene rings is 1. The second kappa shape index (κ2) is 7.63. The van der Waals surface area contributed by atoms with Crippen LogP contribution >= 0.6 is 11.6 Å². The maximum atomic E-state index is 11.5. The first-order valence-corrected chi connectivity index (χ1v) is 6.48. The molecule has 0 aliphatic carbocycles. The zero-order valence-corrected chi connectivity index (χ0v) is 11.8. The Labute approximate surface area is 117 Å². The average Bonchev–Trinajstić information content (AvgIpc) is 2.37. The molecule has 3 N–H and O–H groups in total. The van der Waals surface area contributed by atoms with Gasteiger partial charge in [-0.3, -0.25) is 10.1 Å². The molecule has 0 bridgehead atoms. The summed E-state index contributed by atoms with van der Waals surface area (Å²) in [6.45, 7) is 4.40. The lowest BCUT2D eigenvalue weighted by molar-refractivity contribution is -0.118. The fraction of sp³-hybridized carbons (Fsp3) is 0.385. The summed E-state index contributed by atoms with van der Waals surface area (Å²) in [4.78, 5) is 22.8. The van der Waals surface area contributed by atoms with Crippen LogP contribution in [0.4, 0.5) is 10.5 Å². The number of nitrogens with one attached hydrogen (secondary N) is 3. The van der Waals surface area contributed by atoms with Gasteiger partial charge in [0.1, 0.15) is 0 Å². The molecule has 0 saturated carbocycles. The van der Waals surface area contributed by atoms with Gasteiger partial charge in [-0.1, -0.05) is 24.6 Å². The highest BCUT2D eigenvalue weighted by Crippen LogP contribution is 2.19. The van der Waals surface area contributed by atoms with Crippen LogP contribution in [0, 0.1) is 6.92 Å². The molecule has 1 aromatic rings. The van der Waals surface area contributed by atoms with Gasteiger partial charge >= 0.3 is 6.03 Å². The van der Waals surface area contributed by atoms with Crippen molar-refractivity contribution in [2.75, 3.05) is 18.4 Å². The predicted octanol–water partition coefficient (Wildman–Crippen LogP) is 2.30. The van der Waals surface area contributed by atoms with Crippen LogP contribution in [0.1, 0.15) is 18.9 Å². The van der Waals surface area contributed by atoms with Crippen LogP contribution in [0.15, 0.2) is 18.2 Å². The third-order valence-corrected chi connectivity index (χ3v) is 2.66. The lowest BCUT2D eigenvalue weighted by atomic mass is 10.2. The van der Waals surface area contributed by atoms with Gasteiger partial charge in [0.25, 0.3) is 0 Å². The molecule has 0 spiro atoms. The van der Waals surface area contributed by atoms with E-state index in [-0.39, 0.29) is 6.54 Å². The topological polar surface area (TPSA) is 70.2 Å². The molecule has 5 nitrogen and oxygen atoms in total. The van der Waals surface area contributed by atoms with Gasteiger partial charge in [-0.25, -0.2) is 4.79 Å². The van der Waals surface area contributed by atoms with E-state index < -0.39 is 11.9 Å². The minimum atomic E-state index is -0.475. The first kappa shape index (κ1) is 15.3. The van der Waals surface area contributed by atoms with Crippen LogP contribution in [0.5, 0.6) is 0 Å². The Kier molecular flexibility index (Phi) is 6.15. The molecule has 0 aliphatic rings. The van der Waals surface area contributed by atoms with E-state index in [1.165, 1.54) is 0 Å². The first-order chi connectivity index (χ1) is 9.02. The number of imide groups is 1. The summed E-state index contributed by atoms with van der Waals surface area (Å²) in [6, 6.07) is 4.90. The Morgan fingerprint density at radius 1 is 1.32 bits per heavy atom. The number of urea groups is 1. The molecule has 0 aromatic heterocycles. The number of carbonyl (C=O) groups excluding carboxylic acids is 2. The third-order valence-electron chi connectivity index (χ3n) is 2.43. The molecule has 0 radical (unpaired) electrons. The summed E-state index contributed by atoms with van der Waals surface area (Å²) in [5, 5.41) is 8.33. The molecular weight excluding hydrogens is 266 g/mol. The van der Waals surface area contributed by atoms with Gasteiger partial charge in [0.15, 0.2) is 0 Å². The molecule has 1 aromatic carbocycles. The Bertz CT molecular complexity index is 463. The van der Waals surface area contributed by atoms with Crippen molar-refractivity contribution in [2.45, 2.75) is 20.3 Å². The minimum absolute atomic E-state index is 0.0146. The largest absolute Gasteiger partial charge is 0.376 e. The van der Waals surface area contributed by atoms with E-state index in [1.807, 2.05) is 19.9 Å². The molecule has 6 heteroatoms. The number of hydrogen-bond acceptors (Lipinski definition) is 3. The number of carbonyl (C=O) groups is 2. The van der Waals surface area contributed by atoms with Crippen LogP contribution in [-0.2, 0) is 4.79 Å². The summed E-state index contributed by atoms with van der Waals surface area (Å²) in [6.07, 6.45) is 0.821. The van der Waals surface area contributed by atoms with Crippen molar-refractivity contribution in [3.05, 3.63) is 28.8 Å². The number of hydrogen-bond donors (Lipinski definition) is 3. The number of aryl methyl sites for hydroxylation is 1. The van der Waals surface area contributed by atoms with Crippen LogP contribution in [0.2, 0.25) is 5.02 Å². The minimum Gasteiger partial charge on any atom is -0.376 e. The quantitative estimate of drug-likeness (QED) is 0.776. The highest BCUT2D eigenvalue weighted by Gasteiger charge is 2.07. The number of amides is 3. The molecule has 1 rings (SSSR count). The van der Waals surface area contributed by atoms with Gasteiger partial charge in [0.2, 0.25) is 5.91 Å². The van der Waals surface area contributed by atoms with Crippen molar-refractivity contribution in [1.29, 1.82) is 0 Å². The molecule has 0 fully saturated rings. The van der Waals surface area contributed by atoms with Crippen molar-refractivity contribution >= 4 is 29.2 Å². The number of rotatable bonds is 5. The second-order valence-corrected chi connectivity index (χ2v) is 4.55. The normalized spacial score (nSPS) is 9.84. The average molecular weight is 284 g/mol. The summed E-state index contributed by atoms with van der Waals surface area (Å²) in [5.74, 6) is -0.395. The lowest BCUT2D eigenvalue weighted by Crippen LogP contribution is -2.42. The number of anilines is 1. The van der Waals surface area contributed by atoms with Crippen molar-refractivity contribution < 1.29 is 9.59 Å². The predicted molar refractivity (Wildman–Crippen MR) is 76.5 cm³/mol. The number of halogens is 1. The molecule has 0 aliphatic heterocycles. The van der Waals surface area contributed by atoms with E-state index in [0.29, 0.717) is 11.6 Å². The molecule has 104 valence electrons. The maximum absolute atomic E-state index is 11.5. The maximum Gasteiger partial charge on any atom is 0.321 e. The van der Waals surface area contributed by atoms with Gasteiger partial charge in [-0.15, -0.1) is 0 Å². The van der Waals surface area contributed by atoms with Gasteiger partial charge in [0.05, 0.1) is 6.54 Å². The van der Waals surface area contributed by atoms with Crippen LogP contribution in [0.3, 0.4) is 0 Å². The molecule has 3 amide bonds. The molecule has 0 unspecified atom stereocenters. The molecule has 0 saturated heterocycles. The summed E-state index contributed by atoms with van der Waals surface area (Å²) in [7, 11) is 0. The van der Waals surface area contributed by atoms with E-state index in [9.17, 15) is 9.59 Å². The van der Waals surface area contributed by atoms with E-state index in [1.54, 1.807) is 12.1 Å². The second-order valence-electron chi connectivity index (χ2n) is 4.12. The van der Waals surface area contributed by atoms with Crippen molar-refractivity contribution in [3.63, 3.8) is 0 Å². The third kappa shape index (κ3) is 5.61. The smallest absolute Gasteiger partial charge is 0.321 e. The van der Waals surface area contributed by atoms with Crippen molar-refractivity contribution in [2.24, 2.45) is 0 Å². The summed E-state index contributed by atoms with van der Waals surface area (Å²) < 4.78 is 0. The fourth-order valence-corrected chi connectivity index (χ4v) is 1.59. The van der Waals surface area contributed by atoms with Crippen LogP contribution in [0.25, 0.3) is 0 Å². The molecule has 0 heterocycles. The van der Waals surface area contributed by atoms with Gasteiger partial charge < -0.3 is 10.6 Å². The summed E-state index contributed by atoms with van der Waals surface area (Å²) >= 11 is 5.87. The lowest BCUT2D eigenvalue weighted by Gasteiger charge is -2.10. The first-order valence-electron chi connectivity index (χ1n) is 6.10. The SMILES string of the molecule is CCCNC(=O)NC(=O)CNc1cc(Cl)ccc1C. The van der Waals surface area contributed by atoms with Gasteiger partial charge in [-0.05, 0) is 31.0 Å². The highest BCUT2D eigenvalue weighted by atomic mass is 35.5. The molecular formula is C13H18ClN3O2. The Morgan fingerprint density at radius 3 is 2.74 bits per heavy atom. The van der Waals surface area contributed by atoms with Crippen molar-refractivity contribution in [1.82, 2.24) is 10.6 Å². The van der Waals surface area contributed by atoms with Gasteiger partial charge in [-0.2, -0.15) is 0 Å². The van der Waals surface area contributed by atoms with E-state index in [2.05, 4.69) is 16.0 Å². The van der Waals surface area contributed by atoms with Crippen LogP contribution < -0.4 is 16.0 Å². The Hall–Kier alpha value is -1.75. The monoisotopic (exact) mass is 283 g/mol. The van der Waals surface area contributed by atoms with E-state index in [4.69, 9.17) is 11.6 Å². The zero-order valence-electron chi connectivity index (χ0n) is 11.0. The van der Waals surface area contributed by atoms with Crippen molar-refractivity contribution in [3.8, 4) is 0 Å². The molecule has 19 heavy (non-hydrogen) atoms. The molecule has 0 atom stereocenters. The van der Waals surface area contributed by atoms with Crippen LogP contribution in [-0.4, -0.2) is 25.0 Å². The summed E-state index contributed by atoms with van der Waals surface area (Å²) in [5.41, 5.74) is 1.75. The standard InChI is InChI=1S/C13H18ClN3O2/c1-3-6-15-13(19)17-12(18)8-16-11-7-10(14)5-4-9(11)2/h4-5,7,16H,3,6,8H2,1-2H3,(H2,15,17,18,19). The Balaban J connectivity index is 2.41. The Morgan fingerprint density at radius 2 is 2.05 bits per heavy atom.